The molecule has 9 heteroatoms. The molecule has 0 saturated carbocycles. The van der Waals surface area contributed by atoms with Gasteiger partial charge in [0.2, 0.25) is 0 Å². The fourth-order valence-electron chi connectivity index (χ4n) is 1.92. The summed E-state index contributed by atoms with van der Waals surface area (Å²) in [5, 5.41) is 5.80. The number of H-pyrrole nitrogens is 1. The molecule has 0 bridgehead atoms. The summed E-state index contributed by atoms with van der Waals surface area (Å²) in [6.45, 7) is 3.29. The molecule has 2 rings (SSSR count). The lowest BCUT2D eigenvalue weighted by molar-refractivity contribution is 0.0521. The van der Waals surface area contributed by atoms with Crippen molar-refractivity contribution in [1.29, 1.82) is 0 Å². The Balaban J connectivity index is 2.29. The Morgan fingerprint density at radius 1 is 1.50 bits per heavy atom. The molecule has 0 radical (unpaired) electrons. The van der Waals surface area contributed by atoms with Crippen molar-refractivity contribution in [3.63, 3.8) is 0 Å². The van der Waals surface area contributed by atoms with Crippen molar-refractivity contribution in [3.05, 3.63) is 11.8 Å². The van der Waals surface area contributed by atoms with Gasteiger partial charge in [-0.3, -0.25) is 5.10 Å². The average Bonchev–Trinajstić information content (AvgIpc) is 2.75. The molecule has 1 fully saturated rings. The summed E-state index contributed by atoms with van der Waals surface area (Å²) in [6, 6.07) is 0. The number of hydrogen-bond acceptors (Lipinski definition) is 6. The maximum atomic E-state index is 12.5. The van der Waals surface area contributed by atoms with Crippen LogP contribution in [0.5, 0.6) is 0 Å². The molecule has 0 unspecified atom stereocenters. The molecule has 0 spiro atoms. The molecule has 1 saturated heterocycles. The van der Waals surface area contributed by atoms with Gasteiger partial charge in [-0.2, -0.15) is 9.40 Å². The van der Waals surface area contributed by atoms with E-state index in [0.29, 0.717) is 26.2 Å². The van der Waals surface area contributed by atoms with Gasteiger partial charge >= 0.3 is 5.97 Å². The van der Waals surface area contributed by atoms with Gasteiger partial charge in [-0.1, -0.05) is 0 Å². The van der Waals surface area contributed by atoms with Crippen molar-refractivity contribution < 1.29 is 22.7 Å². The van der Waals surface area contributed by atoms with E-state index in [1.165, 1.54) is 10.5 Å². The van der Waals surface area contributed by atoms with Crippen LogP contribution in [-0.4, -0.2) is 61.8 Å². The van der Waals surface area contributed by atoms with Crippen LogP contribution in [0.4, 0.5) is 0 Å². The van der Waals surface area contributed by atoms with Crippen LogP contribution in [0.2, 0.25) is 0 Å². The summed E-state index contributed by atoms with van der Waals surface area (Å²) < 4.78 is 36.4. The first-order valence-electron chi connectivity index (χ1n) is 6.35. The van der Waals surface area contributed by atoms with Gasteiger partial charge in [-0.25, -0.2) is 13.2 Å². The molecule has 1 aromatic rings. The second-order valence-electron chi connectivity index (χ2n) is 4.20. The minimum absolute atomic E-state index is 0.0722. The zero-order valence-corrected chi connectivity index (χ0v) is 12.0. The van der Waals surface area contributed by atoms with E-state index in [1.807, 2.05) is 0 Å². The van der Waals surface area contributed by atoms with E-state index in [1.54, 1.807) is 6.92 Å². The van der Waals surface area contributed by atoms with Crippen LogP contribution in [0.15, 0.2) is 11.2 Å². The van der Waals surface area contributed by atoms with Crippen LogP contribution >= 0.6 is 0 Å². The Bertz CT molecular complexity index is 560. The first-order valence-corrected chi connectivity index (χ1v) is 7.79. The number of ether oxygens (including phenoxy) is 2. The minimum atomic E-state index is -3.80. The van der Waals surface area contributed by atoms with Crippen molar-refractivity contribution >= 4 is 16.0 Å². The molecular formula is C11H17N3O5S. The minimum Gasteiger partial charge on any atom is -0.462 e. The number of aromatic nitrogens is 2. The van der Waals surface area contributed by atoms with Crippen LogP contribution < -0.4 is 0 Å². The molecule has 0 amide bonds. The fraction of sp³-hybridized carbons (Fsp3) is 0.636. The van der Waals surface area contributed by atoms with Crippen molar-refractivity contribution in [2.75, 3.05) is 32.9 Å². The van der Waals surface area contributed by atoms with E-state index < -0.39 is 16.0 Å². The predicted molar refractivity (Wildman–Crippen MR) is 68.7 cm³/mol. The third-order valence-corrected chi connectivity index (χ3v) is 4.75. The number of carbonyl (C=O) groups is 1. The van der Waals surface area contributed by atoms with Gasteiger partial charge in [0.15, 0.2) is 5.03 Å². The van der Waals surface area contributed by atoms with Crippen LogP contribution in [0, 0.1) is 0 Å². The Kier molecular flexibility index (Phi) is 4.73. The zero-order chi connectivity index (χ0) is 14.6. The number of rotatable bonds is 4. The number of esters is 1. The summed E-state index contributed by atoms with van der Waals surface area (Å²) in [6.07, 6.45) is 1.78. The highest BCUT2D eigenvalue weighted by atomic mass is 32.2. The molecule has 2 heterocycles. The highest BCUT2D eigenvalue weighted by Gasteiger charge is 2.32. The van der Waals surface area contributed by atoms with Crippen molar-refractivity contribution in [3.8, 4) is 0 Å². The maximum absolute atomic E-state index is 12.5. The summed E-state index contributed by atoms with van der Waals surface area (Å²) in [4.78, 5) is 11.7. The Labute approximate surface area is 117 Å². The monoisotopic (exact) mass is 303 g/mol. The molecule has 20 heavy (non-hydrogen) atoms. The second kappa shape index (κ2) is 6.33. The fourth-order valence-corrected chi connectivity index (χ4v) is 3.44. The smallest absolute Gasteiger partial charge is 0.342 e. The van der Waals surface area contributed by atoms with Crippen molar-refractivity contribution in [2.45, 2.75) is 18.4 Å². The quantitative estimate of drug-likeness (QED) is 0.785. The number of aromatic amines is 1. The predicted octanol–water partition coefficient (Wildman–Crippen LogP) is -0.00260. The van der Waals surface area contributed by atoms with Gasteiger partial charge in [-0.05, 0) is 13.3 Å². The van der Waals surface area contributed by atoms with Gasteiger partial charge in [-0.15, -0.1) is 0 Å². The van der Waals surface area contributed by atoms with E-state index in [9.17, 15) is 13.2 Å². The van der Waals surface area contributed by atoms with Crippen LogP contribution in [-0.2, 0) is 19.5 Å². The van der Waals surface area contributed by atoms with Crippen LogP contribution in [0.1, 0.15) is 23.7 Å². The number of hydrogen-bond donors (Lipinski definition) is 1. The highest BCUT2D eigenvalue weighted by Crippen LogP contribution is 2.19. The third kappa shape index (κ3) is 3.00. The summed E-state index contributed by atoms with van der Waals surface area (Å²) >= 11 is 0. The SMILES string of the molecule is CCOC(=O)c1cn[nH]c1S(=O)(=O)N1CCCOCC1. The normalized spacial score (nSPS) is 17.6. The van der Waals surface area contributed by atoms with E-state index in [2.05, 4.69) is 10.2 Å². The highest BCUT2D eigenvalue weighted by molar-refractivity contribution is 7.89. The largest absolute Gasteiger partial charge is 0.462 e. The van der Waals surface area contributed by atoms with Crippen molar-refractivity contribution in [1.82, 2.24) is 14.5 Å². The lowest BCUT2D eigenvalue weighted by Gasteiger charge is -2.18. The molecule has 1 aliphatic heterocycles. The van der Waals surface area contributed by atoms with Crippen molar-refractivity contribution in [2.24, 2.45) is 0 Å². The summed E-state index contributed by atoms with van der Waals surface area (Å²) in [5.41, 5.74) is -0.0722. The Morgan fingerprint density at radius 3 is 3.05 bits per heavy atom. The van der Waals surface area contributed by atoms with Crippen LogP contribution in [0.3, 0.4) is 0 Å². The standard InChI is InChI=1S/C11H17N3O5S/c1-2-19-11(15)9-8-12-13-10(9)20(16,17)14-4-3-6-18-7-5-14/h8H,2-7H2,1H3,(H,12,13). The number of nitrogens with one attached hydrogen (secondary N) is 1. The molecule has 1 aromatic heterocycles. The van der Waals surface area contributed by atoms with Gasteiger partial charge < -0.3 is 9.47 Å². The molecule has 1 N–H and O–H groups in total. The van der Waals surface area contributed by atoms with Gasteiger partial charge in [0.05, 0.1) is 19.4 Å². The van der Waals surface area contributed by atoms with Gasteiger partial charge in [0.1, 0.15) is 5.56 Å². The van der Waals surface area contributed by atoms with E-state index in [4.69, 9.17) is 9.47 Å². The van der Waals surface area contributed by atoms with E-state index >= 15 is 0 Å². The number of nitrogens with zero attached hydrogens (tertiary/aromatic N) is 2. The molecule has 8 nitrogen and oxygen atoms in total. The molecule has 0 aromatic carbocycles. The molecule has 1 aliphatic rings. The second-order valence-corrected chi connectivity index (χ2v) is 6.08. The topological polar surface area (TPSA) is 102 Å². The molecule has 0 atom stereocenters. The van der Waals surface area contributed by atoms with E-state index in [0.717, 1.165) is 0 Å². The summed E-state index contributed by atoms with van der Waals surface area (Å²) in [5.74, 6) is -0.703. The number of sulfonamides is 1. The van der Waals surface area contributed by atoms with Gasteiger partial charge in [0, 0.05) is 19.7 Å². The molecule has 112 valence electrons. The lowest BCUT2D eigenvalue weighted by atomic mass is 10.4. The first kappa shape index (κ1) is 14.9. The van der Waals surface area contributed by atoms with E-state index in [-0.39, 0.29) is 23.7 Å². The Hall–Kier alpha value is -1.45. The van der Waals surface area contributed by atoms with Crippen LogP contribution in [0.25, 0.3) is 0 Å². The zero-order valence-electron chi connectivity index (χ0n) is 11.2. The van der Waals surface area contributed by atoms with Gasteiger partial charge in [0.25, 0.3) is 10.0 Å². The average molecular weight is 303 g/mol. The molecular weight excluding hydrogens is 286 g/mol. The Morgan fingerprint density at radius 2 is 2.30 bits per heavy atom. The maximum Gasteiger partial charge on any atom is 0.342 e. The lowest BCUT2D eigenvalue weighted by Crippen LogP contribution is -2.34. The summed E-state index contributed by atoms with van der Waals surface area (Å²) in [7, 11) is -3.80. The third-order valence-electron chi connectivity index (χ3n) is 2.88. The first-order chi connectivity index (χ1) is 9.57. The molecule has 0 aliphatic carbocycles. The number of carbonyl (C=O) groups excluding carboxylic acids is 1.